The Morgan fingerprint density at radius 2 is 1.96 bits per heavy atom. The van der Waals surface area contributed by atoms with E-state index in [1.54, 1.807) is 0 Å². The van der Waals surface area contributed by atoms with E-state index in [9.17, 15) is 20.1 Å². The second-order valence-corrected chi connectivity index (χ2v) is 6.23. The van der Waals surface area contributed by atoms with Gasteiger partial charge in [0.05, 0.1) is 19.8 Å². The Morgan fingerprint density at radius 1 is 1.23 bits per heavy atom. The molecule has 4 heterocycles. The molecule has 0 radical (unpaired) electrons. The predicted octanol–water partition coefficient (Wildman–Crippen LogP) is -2.85. The van der Waals surface area contributed by atoms with Crippen molar-refractivity contribution in [3.63, 3.8) is 0 Å². The van der Waals surface area contributed by atoms with Crippen LogP contribution < -0.4 is 16.2 Å². The summed E-state index contributed by atoms with van der Waals surface area (Å²) in [5.74, 6) is 0.241. The SMILES string of the molecule is Nc1nc2c(nc(N3CCOCC3)n2[C@H]2O[C@@H](CO)[C@@H](O)[C@H]2O)c(=O)[nH]1. The quantitative estimate of drug-likeness (QED) is 0.379. The third-order valence-electron chi connectivity index (χ3n) is 4.62. The van der Waals surface area contributed by atoms with Crippen molar-refractivity contribution in [1.82, 2.24) is 19.5 Å². The van der Waals surface area contributed by atoms with E-state index in [1.807, 2.05) is 4.90 Å². The summed E-state index contributed by atoms with van der Waals surface area (Å²) in [6.07, 6.45) is -4.69. The second kappa shape index (κ2) is 6.48. The lowest BCUT2D eigenvalue weighted by molar-refractivity contribution is -0.0506. The maximum atomic E-state index is 12.2. The van der Waals surface area contributed by atoms with Crippen LogP contribution >= 0.6 is 0 Å². The van der Waals surface area contributed by atoms with Gasteiger partial charge < -0.3 is 35.4 Å². The van der Waals surface area contributed by atoms with Crippen LogP contribution in [0.4, 0.5) is 11.9 Å². The molecule has 0 bridgehead atoms. The first-order valence-electron chi connectivity index (χ1n) is 8.24. The largest absolute Gasteiger partial charge is 0.394 e. The Morgan fingerprint density at radius 3 is 2.62 bits per heavy atom. The lowest BCUT2D eigenvalue weighted by atomic mass is 10.1. The smallest absolute Gasteiger partial charge is 0.280 e. The number of nitrogen functional groups attached to an aromatic ring is 1. The predicted molar refractivity (Wildman–Crippen MR) is 88.6 cm³/mol. The zero-order valence-electron chi connectivity index (χ0n) is 13.8. The summed E-state index contributed by atoms with van der Waals surface area (Å²) in [6.45, 7) is 1.53. The van der Waals surface area contributed by atoms with E-state index in [1.165, 1.54) is 4.57 Å². The molecule has 0 spiro atoms. The first-order chi connectivity index (χ1) is 12.5. The lowest BCUT2D eigenvalue weighted by Crippen LogP contribution is -2.39. The number of hydrogen-bond acceptors (Lipinski definition) is 10. The van der Waals surface area contributed by atoms with Crippen molar-refractivity contribution < 1.29 is 24.8 Å². The third kappa shape index (κ3) is 2.62. The van der Waals surface area contributed by atoms with Gasteiger partial charge in [0.1, 0.15) is 18.3 Å². The van der Waals surface area contributed by atoms with E-state index in [-0.39, 0.29) is 17.1 Å². The van der Waals surface area contributed by atoms with E-state index in [4.69, 9.17) is 15.2 Å². The van der Waals surface area contributed by atoms with Gasteiger partial charge in [-0.3, -0.25) is 14.3 Å². The molecule has 6 N–H and O–H groups in total. The molecule has 2 aromatic heterocycles. The highest BCUT2D eigenvalue weighted by Crippen LogP contribution is 2.35. The molecule has 2 aromatic rings. The van der Waals surface area contributed by atoms with Gasteiger partial charge in [0.2, 0.25) is 11.9 Å². The minimum atomic E-state index is -1.34. The second-order valence-electron chi connectivity index (χ2n) is 6.23. The van der Waals surface area contributed by atoms with Crippen molar-refractivity contribution in [1.29, 1.82) is 0 Å². The molecule has 26 heavy (non-hydrogen) atoms. The van der Waals surface area contributed by atoms with Gasteiger partial charge in [-0.05, 0) is 0 Å². The maximum absolute atomic E-state index is 12.2. The van der Waals surface area contributed by atoms with Crippen LogP contribution in [-0.4, -0.2) is 86.1 Å². The number of fused-ring (bicyclic) bond motifs is 1. The Kier molecular flexibility index (Phi) is 4.28. The van der Waals surface area contributed by atoms with Gasteiger partial charge in [0, 0.05) is 13.1 Å². The van der Waals surface area contributed by atoms with Crippen LogP contribution in [0, 0.1) is 0 Å². The molecule has 2 saturated heterocycles. The van der Waals surface area contributed by atoms with Crippen LogP contribution in [0.2, 0.25) is 0 Å². The summed E-state index contributed by atoms with van der Waals surface area (Å²) >= 11 is 0. The molecular weight excluding hydrogens is 348 g/mol. The highest BCUT2D eigenvalue weighted by Gasteiger charge is 2.45. The molecule has 142 valence electrons. The first-order valence-corrected chi connectivity index (χ1v) is 8.24. The number of nitrogens with two attached hydrogens (primary N) is 1. The van der Waals surface area contributed by atoms with Crippen LogP contribution in [-0.2, 0) is 9.47 Å². The van der Waals surface area contributed by atoms with Crippen molar-refractivity contribution in [2.24, 2.45) is 0 Å². The molecule has 2 aliphatic rings. The first kappa shape index (κ1) is 17.2. The Hall–Kier alpha value is -2.25. The third-order valence-corrected chi connectivity index (χ3v) is 4.62. The van der Waals surface area contributed by atoms with E-state index in [0.29, 0.717) is 32.3 Å². The zero-order valence-corrected chi connectivity index (χ0v) is 13.8. The van der Waals surface area contributed by atoms with Gasteiger partial charge in [-0.1, -0.05) is 0 Å². The molecule has 4 atom stereocenters. The molecule has 2 fully saturated rings. The summed E-state index contributed by atoms with van der Waals surface area (Å²) in [4.78, 5) is 25.0. The van der Waals surface area contributed by atoms with Crippen molar-refractivity contribution in [2.45, 2.75) is 24.5 Å². The molecule has 12 nitrogen and oxygen atoms in total. The van der Waals surface area contributed by atoms with Crippen molar-refractivity contribution >= 4 is 23.1 Å². The van der Waals surface area contributed by atoms with Crippen LogP contribution in [0.25, 0.3) is 11.2 Å². The fourth-order valence-electron chi connectivity index (χ4n) is 3.30. The van der Waals surface area contributed by atoms with Gasteiger partial charge in [-0.15, -0.1) is 0 Å². The number of H-pyrrole nitrogens is 1. The monoisotopic (exact) mass is 368 g/mol. The summed E-state index contributed by atoms with van der Waals surface area (Å²) in [5.41, 5.74) is 5.31. The number of aromatic amines is 1. The van der Waals surface area contributed by atoms with Crippen LogP contribution in [0.15, 0.2) is 4.79 Å². The van der Waals surface area contributed by atoms with Gasteiger partial charge in [-0.25, -0.2) is 4.98 Å². The molecule has 0 unspecified atom stereocenters. The number of imidazole rings is 1. The highest BCUT2D eigenvalue weighted by atomic mass is 16.6. The number of nitrogens with one attached hydrogen (secondary N) is 1. The average Bonchev–Trinajstić information content (AvgIpc) is 3.14. The van der Waals surface area contributed by atoms with Crippen molar-refractivity contribution in [3.8, 4) is 0 Å². The van der Waals surface area contributed by atoms with E-state index < -0.39 is 36.7 Å². The molecule has 0 aliphatic carbocycles. The standard InChI is InChI=1S/C14H20N6O6/c15-13-17-10-7(11(24)18-13)16-14(19-1-3-25-4-2-19)20(10)12-9(23)8(22)6(5-21)26-12/h6,8-9,12,21-23H,1-5H2,(H3,15,17,18,24)/t6-,8+,9+,12-/m0/s1. The van der Waals surface area contributed by atoms with Crippen molar-refractivity contribution in [2.75, 3.05) is 43.5 Å². The number of aliphatic hydroxyl groups excluding tert-OH is 3. The summed E-state index contributed by atoms with van der Waals surface area (Å²) < 4.78 is 12.4. The zero-order chi connectivity index (χ0) is 18.4. The van der Waals surface area contributed by atoms with Crippen molar-refractivity contribution in [3.05, 3.63) is 10.4 Å². The molecule has 4 rings (SSSR count). The molecule has 12 heteroatoms. The van der Waals surface area contributed by atoms with Crippen LogP contribution in [0.5, 0.6) is 0 Å². The minimum absolute atomic E-state index is 0.0402. The van der Waals surface area contributed by atoms with Gasteiger partial charge >= 0.3 is 0 Å². The number of aromatic nitrogens is 4. The summed E-state index contributed by atoms with van der Waals surface area (Å²) in [7, 11) is 0. The Bertz CT molecular complexity index is 861. The van der Waals surface area contributed by atoms with E-state index in [2.05, 4.69) is 15.0 Å². The number of morpholine rings is 1. The van der Waals surface area contributed by atoms with Gasteiger partial charge in [-0.2, -0.15) is 4.98 Å². The number of aliphatic hydroxyl groups is 3. The highest BCUT2D eigenvalue weighted by molar-refractivity contribution is 5.75. The van der Waals surface area contributed by atoms with E-state index >= 15 is 0 Å². The normalized spacial score (nSPS) is 29.6. The fourth-order valence-corrected chi connectivity index (χ4v) is 3.30. The topological polar surface area (TPSA) is 172 Å². The maximum Gasteiger partial charge on any atom is 0.280 e. The fraction of sp³-hybridized carbons (Fsp3) is 0.643. The summed E-state index contributed by atoms with van der Waals surface area (Å²) in [5, 5.41) is 29.9. The van der Waals surface area contributed by atoms with Crippen LogP contribution in [0.1, 0.15) is 6.23 Å². The lowest BCUT2D eigenvalue weighted by Gasteiger charge is -2.30. The summed E-state index contributed by atoms with van der Waals surface area (Å²) in [6, 6.07) is 0. The number of nitrogens with zero attached hydrogens (tertiary/aromatic N) is 4. The molecule has 0 amide bonds. The molecular formula is C14H20N6O6. The molecule has 0 aromatic carbocycles. The van der Waals surface area contributed by atoms with Gasteiger partial charge in [0.25, 0.3) is 5.56 Å². The minimum Gasteiger partial charge on any atom is -0.394 e. The Balaban J connectivity index is 1.89. The Labute approximate surface area is 146 Å². The number of anilines is 2. The van der Waals surface area contributed by atoms with E-state index in [0.717, 1.165) is 0 Å². The van der Waals surface area contributed by atoms with Gasteiger partial charge in [0.15, 0.2) is 17.4 Å². The number of rotatable bonds is 3. The molecule has 2 aliphatic heterocycles. The average molecular weight is 368 g/mol. The number of hydrogen-bond donors (Lipinski definition) is 5. The number of ether oxygens (including phenoxy) is 2. The van der Waals surface area contributed by atoms with Crippen LogP contribution in [0.3, 0.4) is 0 Å². The molecule has 0 saturated carbocycles.